The smallest absolute Gasteiger partial charge is 0.417 e. The van der Waals surface area contributed by atoms with Crippen LogP contribution in [0.1, 0.15) is 17.5 Å². The first kappa shape index (κ1) is 32.5. The third-order valence-corrected chi connectivity index (χ3v) is 7.74. The maximum atomic E-state index is 13.6. The highest BCUT2D eigenvalue weighted by atomic mass is 35.5. The molecule has 0 saturated heterocycles. The third kappa shape index (κ3) is 8.13. The van der Waals surface area contributed by atoms with Gasteiger partial charge in [0.15, 0.2) is 0 Å². The summed E-state index contributed by atoms with van der Waals surface area (Å²) in [4.78, 5) is 12.5. The zero-order valence-corrected chi connectivity index (χ0v) is 22.5. The molecule has 0 saturated carbocycles. The van der Waals surface area contributed by atoms with Gasteiger partial charge in [0.1, 0.15) is 16.7 Å². The van der Waals surface area contributed by atoms with Gasteiger partial charge in [-0.2, -0.15) is 30.6 Å². The van der Waals surface area contributed by atoms with Gasteiger partial charge >= 0.3 is 12.4 Å². The Kier molecular flexibility index (Phi) is 10.5. The first-order valence-electron chi connectivity index (χ1n) is 10.8. The number of benzene rings is 2. The Balaban J connectivity index is 2.53. The summed E-state index contributed by atoms with van der Waals surface area (Å²) >= 11 is 11.5. The van der Waals surface area contributed by atoms with Crippen molar-refractivity contribution in [3.63, 3.8) is 0 Å². The molecule has 0 spiro atoms. The zero-order valence-electron chi connectivity index (χ0n) is 20.2. The average Bonchev–Trinajstić information content (AvgIpc) is 2.83. The minimum atomic E-state index is -5.02. The lowest BCUT2D eigenvalue weighted by Crippen LogP contribution is -2.50. The molecule has 1 atom stereocenters. The minimum absolute atomic E-state index is 0.0527. The van der Waals surface area contributed by atoms with Crippen molar-refractivity contribution in [2.75, 3.05) is 13.7 Å². The van der Waals surface area contributed by atoms with Crippen LogP contribution < -0.4 is 10.1 Å². The number of methoxy groups -OCH3 is 1. The van der Waals surface area contributed by atoms with Crippen molar-refractivity contribution in [3.05, 3.63) is 82.4 Å². The van der Waals surface area contributed by atoms with Crippen LogP contribution in [0.25, 0.3) is 0 Å². The van der Waals surface area contributed by atoms with E-state index in [0.717, 1.165) is 25.3 Å². The number of alkyl halides is 6. The van der Waals surface area contributed by atoms with Crippen LogP contribution in [-0.2, 0) is 27.5 Å². The van der Waals surface area contributed by atoms with E-state index >= 15 is 0 Å². The van der Waals surface area contributed by atoms with Crippen molar-refractivity contribution in [1.29, 1.82) is 0 Å². The Morgan fingerprint density at radius 3 is 2.31 bits per heavy atom. The van der Waals surface area contributed by atoms with E-state index in [4.69, 9.17) is 27.9 Å². The number of nitrogens with zero attached hydrogens (tertiary/aromatic N) is 1. The molecule has 15 heteroatoms. The number of amides is 1. The van der Waals surface area contributed by atoms with E-state index in [2.05, 4.69) is 18.5 Å². The fraction of sp³-hybridized carbons (Fsp3) is 0.292. The van der Waals surface area contributed by atoms with Gasteiger partial charge in [-0.25, -0.2) is 8.42 Å². The average molecular weight is 619 g/mol. The molecule has 0 aliphatic heterocycles. The van der Waals surface area contributed by atoms with Crippen LogP contribution in [0.15, 0.2) is 66.1 Å². The molecule has 2 rings (SSSR count). The van der Waals surface area contributed by atoms with Crippen LogP contribution in [-0.4, -0.2) is 44.5 Å². The lowest BCUT2D eigenvalue weighted by molar-refractivity contribution is -0.137. The lowest BCUT2D eigenvalue weighted by atomic mass is 10.1. The summed E-state index contributed by atoms with van der Waals surface area (Å²) in [5.41, 5.74) is -2.71. The molecule has 0 aliphatic rings. The predicted molar refractivity (Wildman–Crippen MR) is 134 cm³/mol. The van der Waals surface area contributed by atoms with Crippen LogP contribution in [0.2, 0.25) is 10.0 Å². The summed E-state index contributed by atoms with van der Waals surface area (Å²) < 4.78 is 112. The monoisotopic (exact) mass is 618 g/mol. The molecular weight excluding hydrogens is 597 g/mol. The molecule has 0 aliphatic carbocycles. The SMILES string of the molecule is C=CCC(C(=O)NCc1ccc(Cl)c(C(F)(F)F)c1)N(CC(=C)C(F)(F)F)S(=O)(=O)c1cc(Cl)ccc1OC. The van der Waals surface area contributed by atoms with Gasteiger partial charge in [-0.1, -0.05) is 41.9 Å². The lowest BCUT2D eigenvalue weighted by Gasteiger charge is -2.31. The van der Waals surface area contributed by atoms with Gasteiger partial charge in [-0.05, 0) is 42.3 Å². The highest BCUT2D eigenvalue weighted by Crippen LogP contribution is 2.36. The van der Waals surface area contributed by atoms with Gasteiger partial charge < -0.3 is 10.1 Å². The third-order valence-electron chi connectivity index (χ3n) is 5.30. The summed E-state index contributed by atoms with van der Waals surface area (Å²) in [5, 5.41) is 1.60. The van der Waals surface area contributed by atoms with Gasteiger partial charge in [0.05, 0.1) is 17.7 Å². The molecule has 0 heterocycles. The summed E-state index contributed by atoms with van der Waals surface area (Å²) in [7, 11) is -3.79. The summed E-state index contributed by atoms with van der Waals surface area (Å²) in [5.74, 6) is -1.38. The van der Waals surface area contributed by atoms with E-state index in [1.807, 2.05) is 0 Å². The van der Waals surface area contributed by atoms with Gasteiger partial charge in [0.25, 0.3) is 0 Å². The number of halogens is 8. The number of carbonyl (C=O) groups excluding carboxylic acids is 1. The maximum Gasteiger partial charge on any atom is 0.417 e. The highest BCUT2D eigenvalue weighted by molar-refractivity contribution is 7.89. The van der Waals surface area contributed by atoms with E-state index in [9.17, 15) is 39.6 Å². The van der Waals surface area contributed by atoms with Crippen LogP contribution in [0.3, 0.4) is 0 Å². The predicted octanol–water partition coefficient (Wildman–Crippen LogP) is 6.39. The molecule has 214 valence electrons. The van der Waals surface area contributed by atoms with Crippen LogP contribution >= 0.6 is 23.2 Å². The second-order valence-electron chi connectivity index (χ2n) is 8.02. The molecule has 2 aromatic rings. The van der Waals surface area contributed by atoms with E-state index in [-0.39, 0.29) is 20.6 Å². The minimum Gasteiger partial charge on any atom is -0.495 e. The number of nitrogens with one attached hydrogen (secondary N) is 1. The second kappa shape index (κ2) is 12.6. The van der Waals surface area contributed by atoms with Gasteiger partial charge in [-0.3, -0.25) is 4.79 Å². The zero-order chi connectivity index (χ0) is 29.8. The molecule has 1 amide bonds. The Labute approximate surface area is 230 Å². The van der Waals surface area contributed by atoms with Crippen LogP contribution in [0, 0.1) is 0 Å². The number of ether oxygens (including phenoxy) is 1. The van der Waals surface area contributed by atoms with Crippen molar-refractivity contribution in [3.8, 4) is 5.75 Å². The van der Waals surface area contributed by atoms with Gasteiger partial charge in [-0.15, -0.1) is 6.58 Å². The molecule has 2 aromatic carbocycles. The van der Waals surface area contributed by atoms with Crippen LogP contribution in [0.5, 0.6) is 5.75 Å². The van der Waals surface area contributed by atoms with E-state index in [1.54, 1.807) is 0 Å². The topological polar surface area (TPSA) is 75.7 Å². The summed E-state index contributed by atoms with van der Waals surface area (Å²) in [6.45, 7) is 4.45. The Morgan fingerprint density at radius 1 is 1.13 bits per heavy atom. The largest absolute Gasteiger partial charge is 0.495 e. The van der Waals surface area contributed by atoms with Crippen molar-refractivity contribution in [2.45, 2.75) is 36.3 Å². The summed E-state index contributed by atoms with van der Waals surface area (Å²) in [6.07, 6.45) is -9.17. The fourth-order valence-electron chi connectivity index (χ4n) is 3.34. The van der Waals surface area contributed by atoms with Gasteiger partial charge in [0, 0.05) is 23.7 Å². The van der Waals surface area contributed by atoms with Gasteiger partial charge in [0.2, 0.25) is 15.9 Å². The fourth-order valence-corrected chi connectivity index (χ4v) is 5.58. The standard InChI is InChI=1S/C24H22Cl2F6N2O4S/c1-4-5-19(22(35)33-12-15-6-8-18(26)17(10-15)24(30,31)32)34(13-14(2)23(27,28)29)39(36,37)21-11-16(25)7-9-20(21)38-3/h4,6-11,19H,1-2,5,12-13H2,3H3,(H,33,35). The Hall–Kier alpha value is -2.74. The number of hydrogen-bond donors (Lipinski definition) is 1. The molecule has 39 heavy (non-hydrogen) atoms. The number of carbonyl (C=O) groups is 1. The molecule has 0 bridgehead atoms. The number of rotatable bonds is 11. The molecule has 1 unspecified atom stereocenters. The van der Waals surface area contributed by atoms with Crippen molar-refractivity contribution in [1.82, 2.24) is 9.62 Å². The quantitative estimate of drug-likeness (QED) is 0.234. The molecule has 0 aromatic heterocycles. The molecule has 6 nitrogen and oxygen atoms in total. The van der Waals surface area contributed by atoms with Crippen molar-refractivity contribution >= 4 is 39.1 Å². The maximum absolute atomic E-state index is 13.6. The molecule has 1 N–H and O–H groups in total. The normalized spacial score (nSPS) is 13.2. The number of hydrogen-bond acceptors (Lipinski definition) is 4. The summed E-state index contributed by atoms with van der Waals surface area (Å²) in [6, 6.07) is 4.42. The van der Waals surface area contributed by atoms with Crippen molar-refractivity contribution in [2.24, 2.45) is 0 Å². The first-order valence-corrected chi connectivity index (χ1v) is 13.0. The van der Waals surface area contributed by atoms with Crippen molar-refractivity contribution < 1.29 is 44.3 Å². The molecule has 0 fully saturated rings. The van der Waals surface area contributed by atoms with Crippen LogP contribution in [0.4, 0.5) is 26.3 Å². The Morgan fingerprint density at radius 2 is 1.77 bits per heavy atom. The highest BCUT2D eigenvalue weighted by Gasteiger charge is 2.42. The van der Waals surface area contributed by atoms with E-state index in [1.165, 1.54) is 18.2 Å². The van der Waals surface area contributed by atoms with E-state index < -0.39 is 74.9 Å². The first-order chi connectivity index (χ1) is 17.9. The molecule has 0 radical (unpaired) electrons. The molecular formula is C24H22Cl2F6N2O4S. The number of sulfonamides is 1. The second-order valence-corrected chi connectivity index (χ2v) is 10.7. The Bertz CT molecular complexity index is 1350. The van der Waals surface area contributed by atoms with E-state index in [0.29, 0.717) is 6.07 Å².